The van der Waals surface area contributed by atoms with E-state index in [1.807, 2.05) is 57.2 Å². The first-order valence-electron chi connectivity index (χ1n) is 6.51. The molecule has 0 amide bonds. The summed E-state index contributed by atoms with van der Waals surface area (Å²) in [4.78, 5) is 4.34. The van der Waals surface area contributed by atoms with E-state index in [1.165, 1.54) is 0 Å². The summed E-state index contributed by atoms with van der Waals surface area (Å²) in [6.07, 6.45) is 1.95. The Kier molecular flexibility index (Phi) is 4.17. The quantitative estimate of drug-likeness (QED) is 0.913. The smallest absolute Gasteiger partial charge is 0.120 e. The molecule has 2 N–H and O–H groups in total. The van der Waals surface area contributed by atoms with Crippen molar-refractivity contribution in [2.45, 2.75) is 32.9 Å². The molecular weight excluding hydrogens is 236 g/mol. The Morgan fingerprint density at radius 1 is 1.16 bits per heavy atom. The first-order chi connectivity index (χ1) is 9.06. The normalized spacial score (nSPS) is 12.5. The predicted molar refractivity (Wildman–Crippen MR) is 77.2 cm³/mol. The minimum absolute atomic E-state index is 0.156. The number of aromatic nitrogens is 1. The van der Waals surface area contributed by atoms with Gasteiger partial charge in [-0.2, -0.15) is 0 Å². The van der Waals surface area contributed by atoms with Crippen molar-refractivity contribution in [1.82, 2.24) is 4.98 Å². The second-order valence-corrected chi connectivity index (χ2v) is 4.97. The second kappa shape index (κ2) is 5.85. The molecule has 1 unspecified atom stereocenters. The summed E-state index contributed by atoms with van der Waals surface area (Å²) >= 11 is 0. The van der Waals surface area contributed by atoms with Gasteiger partial charge in [-0.3, -0.25) is 4.98 Å². The largest absolute Gasteiger partial charge is 0.491 e. The number of hydrogen-bond acceptors (Lipinski definition) is 3. The van der Waals surface area contributed by atoms with Crippen molar-refractivity contribution in [2.75, 3.05) is 0 Å². The van der Waals surface area contributed by atoms with Crippen LogP contribution in [-0.2, 0) is 0 Å². The fourth-order valence-corrected chi connectivity index (χ4v) is 1.95. The maximum atomic E-state index is 6.27. The first-order valence-corrected chi connectivity index (χ1v) is 6.51. The van der Waals surface area contributed by atoms with Crippen molar-refractivity contribution in [3.8, 4) is 5.75 Å². The van der Waals surface area contributed by atoms with E-state index in [-0.39, 0.29) is 12.1 Å². The summed E-state index contributed by atoms with van der Waals surface area (Å²) in [5.74, 6) is 0.843. The minimum atomic E-state index is -0.226. The molecule has 1 aromatic carbocycles. The average molecular weight is 256 g/mol. The van der Waals surface area contributed by atoms with Gasteiger partial charge in [0, 0.05) is 6.20 Å². The van der Waals surface area contributed by atoms with Crippen molar-refractivity contribution >= 4 is 0 Å². The monoisotopic (exact) mass is 256 g/mol. The number of rotatable bonds is 4. The van der Waals surface area contributed by atoms with E-state index < -0.39 is 0 Å². The zero-order chi connectivity index (χ0) is 13.8. The molecular formula is C16H20N2O. The Labute approximate surface area is 114 Å². The molecule has 1 aromatic heterocycles. The third-order valence-corrected chi connectivity index (χ3v) is 2.84. The summed E-state index contributed by atoms with van der Waals surface area (Å²) in [5.41, 5.74) is 9.32. The van der Waals surface area contributed by atoms with E-state index in [1.54, 1.807) is 6.20 Å². The molecule has 1 atom stereocenters. The molecule has 1 heterocycles. The van der Waals surface area contributed by atoms with Gasteiger partial charge in [0.1, 0.15) is 5.75 Å². The van der Waals surface area contributed by atoms with Gasteiger partial charge in [-0.15, -0.1) is 0 Å². The molecule has 0 aliphatic rings. The first kappa shape index (κ1) is 13.6. The summed E-state index contributed by atoms with van der Waals surface area (Å²) in [6, 6.07) is 11.6. The lowest BCUT2D eigenvalue weighted by Gasteiger charge is -2.15. The highest BCUT2D eigenvalue weighted by Crippen LogP contribution is 2.23. The van der Waals surface area contributed by atoms with Crippen LogP contribution in [0.4, 0.5) is 0 Å². The molecule has 0 radical (unpaired) electrons. The SMILES string of the molecule is Cc1ccnc(C(N)c2cccc(OC(C)C)c2)c1. The minimum Gasteiger partial charge on any atom is -0.491 e. The van der Waals surface area contributed by atoms with E-state index in [2.05, 4.69) is 4.98 Å². The highest BCUT2D eigenvalue weighted by atomic mass is 16.5. The number of nitrogens with two attached hydrogens (primary N) is 1. The van der Waals surface area contributed by atoms with Gasteiger partial charge in [0.2, 0.25) is 0 Å². The molecule has 2 rings (SSSR count). The van der Waals surface area contributed by atoms with Gasteiger partial charge in [0.15, 0.2) is 0 Å². The van der Waals surface area contributed by atoms with Crippen LogP contribution in [0.5, 0.6) is 5.75 Å². The van der Waals surface area contributed by atoms with Gasteiger partial charge < -0.3 is 10.5 Å². The third kappa shape index (κ3) is 3.55. The van der Waals surface area contributed by atoms with Crippen LogP contribution >= 0.6 is 0 Å². The molecule has 0 fully saturated rings. The highest BCUT2D eigenvalue weighted by molar-refractivity contribution is 5.35. The summed E-state index contributed by atoms with van der Waals surface area (Å²) in [5, 5.41) is 0. The van der Waals surface area contributed by atoms with Crippen molar-refractivity contribution < 1.29 is 4.74 Å². The van der Waals surface area contributed by atoms with Crippen LogP contribution < -0.4 is 10.5 Å². The Morgan fingerprint density at radius 2 is 1.95 bits per heavy atom. The Bertz CT molecular complexity index is 552. The topological polar surface area (TPSA) is 48.1 Å². The molecule has 0 bridgehead atoms. The van der Waals surface area contributed by atoms with Gasteiger partial charge in [-0.1, -0.05) is 12.1 Å². The molecule has 0 saturated carbocycles. The number of benzene rings is 1. The van der Waals surface area contributed by atoms with Crippen molar-refractivity contribution in [1.29, 1.82) is 0 Å². The Hall–Kier alpha value is -1.87. The number of nitrogens with zero attached hydrogens (tertiary/aromatic N) is 1. The van der Waals surface area contributed by atoms with E-state index in [9.17, 15) is 0 Å². The van der Waals surface area contributed by atoms with Crippen LogP contribution in [0.2, 0.25) is 0 Å². The van der Waals surface area contributed by atoms with E-state index in [0.717, 1.165) is 22.6 Å². The van der Waals surface area contributed by atoms with Gasteiger partial charge in [0.25, 0.3) is 0 Å². The van der Waals surface area contributed by atoms with Crippen LogP contribution in [0.25, 0.3) is 0 Å². The Morgan fingerprint density at radius 3 is 2.63 bits per heavy atom. The van der Waals surface area contributed by atoms with Crippen molar-refractivity contribution in [2.24, 2.45) is 5.73 Å². The van der Waals surface area contributed by atoms with E-state index in [0.29, 0.717) is 0 Å². The lowest BCUT2D eigenvalue weighted by atomic mass is 10.0. The molecule has 3 nitrogen and oxygen atoms in total. The number of hydrogen-bond donors (Lipinski definition) is 1. The molecule has 0 spiro atoms. The maximum absolute atomic E-state index is 6.27. The molecule has 3 heteroatoms. The van der Waals surface area contributed by atoms with Crippen LogP contribution in [-0.4, -0.2) is 11.1 Å². The molecule has 19 heavy (non-hydrogen) atoms. The number of pyridine rings is 1. The van der Waals surface area contributed by atoms with Gasteiger partial charge >= 0.3 is 0 Å². The summed E-state index contributed by atoms with van der Waals surface area (Å²) < 4.78 is 5.69. The number of aryl methyl sites for hydroxylation is 1. The Balaban J connectivity index is 2.26. The summed E-state index contributed by atoms with van der Waals surface area (Å²) in [7, 11) is 0. The standard InChI is InChI=1S/C16H20N2O/c1-11(2)19-14-6-4-5-13(10-14)16(17)15-9-12(3)7-8-18-15/h4-11,16H,17H2,1-3H3. The lowest BCUT2D eigenvalue weighted by molar-refractivity contribution is 0.242. The van der Waals surface area contributed by atoms with Crippen LogP contribution in [0.15, 0.2) is 42.6 Å². The molecule has 2 aromatic rings. The van der Waals surface area contributed by atoms with E-state index >= 15 is 0 Å². The van der Waals surface area contributed by atoms with Gasteiger partial charge in [-0.25, -0.2) is 0 Å². The average Bonchev–Trinajstić information content (AvgIpc) is 2.37. The van der Waals surface area contributed by atoms with Crippen LogP contribution in [0, 0.1) is 6.92 Å². The fraction of sp³-hybridized carbons (Fsp3) is 0.312. The maximum Gasteiger partial charge on any atom is 0.120 e. The zero-order valence-electron chi connectivity index (χ0n) is 11.6. The molecule has 0 saturated heterocycles. The number of ether oxygens (including phenoxy) is 1. The lowest BCUT2D eigenvalue weighted by Crippen LogP contribution is -2.14. The highest BCUT2D eigenvalue weighted by Gasteiger charge is 2.11. The van der Waals surface area contributed by atoms with E-state index in [4.69, 9.17) is 10.5 Å². The van der Waals surface area contributed by atoms with Gasteiger partial charge in [-0.05, 0) is 56.2 Å². The predicted octanol–water partition coefficient (Wildman–Crippen LogP) is 3.23. The van der Waals surface area contributed by atoms with Crippen molar-refractivity contribution in [3.63, 3.8) is 0 Å². The van der Waals surface area contributed by atoms with Gasteiger partial charge in [0.05, 0.1) is 17.8 Å². The molecule has 0 aliphatic heterocycles. The van der Waals surface area contributed by atoms with Crippen LogP contribution in [0.3, 0.4) is 0 Å². The van der Waals surface area contributed by atoms with Crippen molar-refractivity contribution in [3.05, 3.63) is 59.4 Å². The molecule has 100 valence electrons. The second-order valence-electron chi connectivity index (χ2n) is 4.97. The molecule has 0 aliphatic carbocycles. The fourth-order valence-electron chi connectivity index (χ4n) is 1.95. The summed E-state index contributed by atoms with van der Waals surface area (Å²) in [6.45, 7) is 6.06. The zero-order valence-corrected chi connectivity index (χ0v) is 11.6. The van der Waals surface area contributed by atoms with Crippen LogP contribution in [0.1, 0.15) is 36.7 Å². The third-order valence-electron chi connectivity index (χ3n) is 2.84.